The lowest BCUT2D eigenvalue weighted by Gasteiger charge is -2.14. The summed E-state index contributed by atoms with van der Waals surface area (Å²) in [6.07, 6.45) is 4.78. The van der Waals surface area contributed by atoms with Gasteiger partial charge < -0.3 is 10.6 Å². The highest BCUT2D eigenvalue weighted by molar-refractivity contribution is 5.93. The predicted molar refractivity (Wildman–Crippen MR) is 119 cm³/mol. The van der Waals surface area contributed by atoms with Crippen molar-refractivity contribution in [1.82, 2.24) is 19.5 Å². The third-order valence-electron chi connectivity index (χ3n) is 4.84. The number of fused-ring (bicyclic) bond motifs is 1. The highest BCUT2D eigenvalue weighted by Gasteiger charge is 2.11. The van der Waals surface area contributed by atoms with E-state index in [0.717, 1.165) is 34.5 Å². The van der Waals surface area contributed by atoms with Crippen LogP contribution >= 0.6 is 0 Å². The van der Waals surface area contributed by atoms with Crippen molar-refractivity contribution in [3.8, 4) is 5.82 Å². The van der Waals surface area contributed by atoms with Crippen molar-refractivity contribution >= 4 is 28.6 Å². The van der Waals surface area contributed by atoms with Gasteiger partial charge in [0.2, 0.25) is 11.9 Å². The number of hydrogen-bond donors (Lipinski definition) is 2. The number of anilines is 2. The standard InChI is InChI=1S/C23H24N6O/c1-3-7-22(30)27-18-10-11-20-19(14-18)25-15-29(20)21-12-13-24-23(28-21)26-16(2)17-8-5-4-6-9-17/h4-6,8-16H,3,7H2,1-2H3,(H,27,30)(H,24,26,28)/t16-/m0/s1. The minimum atomic E-state index is 0.00957. The van der Waals surface area contributed by atoms with Gasteiger partial charge in [-0.2, -0.15) is 4.98 Å². The zero-order valence-electron chi connectivity index (χ0n) is 17.0. The van der Waals surface area contributed by atoms with E-state index in [0.29, 0.717) is 12.4 Å². The lowest BCUT2D eigenvalue weighted by Crippen LogP contribution is -2.11. The molecule has 0 fully saturated rings. The van der Waals surface area contributed by atoms with Crippen molar-refractivity contribution in [2.24, 2.45) is 0 Å². The van der Waals surface area contributed by atoms with Gasteiger partial charge in [0, 0.05) is 18.3 Å². The third kappa shape index (κ3) is 4.30. The zero-order chi connectivity index (χ0) is 20.9. The average molecular weight is 400 g/mol. The molecule has 2 N–H and O–H groups in total. The van der Waals surface area contributed by atoms with E-state index in [2.05, 4.69) is 44.6 Å². The van der Waals surface area contributed by atoms with Gasteiger partial charge in [-0.15, -0.1) is 0 Å². The monoisotopic (exact) mass is 400 g/mol. The van der Waals surface area contributed by atoms with Crippen LogP contribution in [0.5, 0.6) is 0 Å². The van der Waals surface area contributed by atoms with Gasteiger partial charge in [0.15, 0.2) is 0 Å². The molecule has 30 heavy (non-hydrogen) atoms. The molecule has 4 rings (SSSR count). The summed E-state index contributed by atoms with van der Waals surface area (Å²) in [4.78, 5) is 25.3. The quantitative estimate of drug-likeness (QED) is 0.469. The number of carbonyl (C=O) groups is 1. The van der Waals surface area contributed by atoms with E-state index in [4.69, 9.17) is 0 Å². The Kier molecular flexibility index (Phi) is 5.70. The van der Waals surface area contributed by atoms with Crippen LogP contribution in [-0.4, -0.2) is 25.4 Å². The van der Waals surface area contributed by atoms with Gasteiger partial charge in [-0.1, -0.05) is 37.3 Å². The van der Waals surface area contributed by atoms with Crippen molar-refractivity contribution in [3.05, 3.63) is 72.7 Å². The highest BCUT2D eigenvalue weighted by atomic mass is 16.1. The summed E-state index contributed by atoms with van der Waals surface area (Å²) >= 11 is 0. The molecule has 2 aromatic heterocycles. The molecule has 0 spiro atoms. The Balaban J connectivity index is 1.56. The third-order valence-corrected chi connectivity index (χ3v) is 4.84. The Morgan fingerprint density at radius 2 is 1.93 bits per heavy atom. The van der Waals surface area contributed by atoms with E-state index in [-0.39, 0.29) is 11.9 Å². The zero-order valence-corrected chi connectivity index (χ0v) is 17.0. The first-order chi connectivity index (χ1) is 14.6. The van der Waals surface area contributed by atoms with E-state index in [9.17, 15) is 4.79 Å². The Bertz CT molecular complexity index is 1150. The lowest BCUT2D eigenvalue weighted by molar-refractivity contribution is -0.116. The molecule has 2 aromatic carbocycles. The molecular weight excluding hydrogens is 376 g/mol. The fourth-order valence-corrected chi connectivity index (χ4v) is 3.30. The fraction of sp³-hybridized carbons (Fsp3) is 0.217. The minimum absolute atomic E-state index is 0.00957. The van der Waals surface area contributed by atoms with Gasteiger partial charge in [-0.05, 0) is 43.2 Å². The van der Waals surface area contributed by atoms with Crippen LogP contribution in [0.25, 0.3) is 16.9 Å². The number of rotatable bonds is 7. The maximum atomic E-state index is 11.8. The van der Waals surface area contributed by atoms with Crippen LogP contribution in [0.4, 0.5) is 11.6 Å². The van der Waals surface area contributed by atoms with Crippen LogP contribution in [-0.2, 0) is 4.79 Å². The second-order valence-corrected chi connectivity index (χ2v) is 7.13. The van der Waals surface area contributed by atoms with E-state index in [1.807, 2.05) is 54.0 Å². The van der Waals surface area contributed by atoms with Crippen LogP contribution in [0.2, 0.25) is 0 Å². The van der Waals surface area contributed by atoms with Crippen molar-refractivity contribution in [1.29, 1.82) is 0 Å². The summed E-state index contributed by atoms with van der Waals surface area (Å²) < 4.78 is 1.91. The minimum Gasteiger partial charge on any atom is -0.348 e. The Morgan fingerprint density at radius 1 is 1.10 bits per heavy atom. The normalized spacial score (nSPS) is 11.9. The first-order valence-corrected chi connectivity index (χ1v) is 10.1. The molecule has 0 radical (unpaired) electrons. The Hall–Kier alpha value is -3.74. The molecule has 0 saturated heterocycles. The number of nitrogens with zero attached hydrogens (tertiary/aromatic N) is 4. The van der Waals surface area contributed by atoms with Crippen LogP contribution in [0.1, 0.15) is 38.3 Å². The van der Waals surface area contributed by atoms with Crippen molar-refractivity contribution in [2.45, 2.75) is 32.7 Å². The summed E-state index contributed by atoms with van der Waals surface area (Å²) in [6.45, 7) is 4.06. The topological polar surface area (TPSA) is 84.7 Å². The molecule has 7 heteroatoms. The number of aromatic nitrogens is 4. The van der Waals surface area contributed by atoms with E-state index in [1.54, 1.807) is 12.5 Å². The van der Waals surface area contributed by atoms with Crippen molar-refractivity contribution in [2.75, 3.05) is 10.6 Å². The number of amides is 1. The average Bonchev–Trinajstić information content (AvgIpc) is 3.18. The second-order valence-electron chi connectivity index (χ2n) is 7.13. The number of carbonyl (C=O) groups excluding carboxylic acids is 1. The summed E-state index contributed by atoms with van der Waals surface area (Å²) in [5.74, 6) is 1.28. The van der Waals surface area contributed by atoms with E-state index in [1.165, 1.54) is 0 Å². The second kappa shape index (κ2) is 8.73. The van der Waals surface area contributed by atoms with Crippen molar-refractivity contribution in [3.63, 3.8) is 0 Å². The van der Waals surface area contributed by atoms with Gasteiger partial charge in [-0.3, -0.25) is 9.36 Å². The first-order valence-electron chi connectivity index (χ1n) is 10.1. The maximum absolute atomic E-state index is 11.8. The van der Waals surface area contributed by atoms with Gasteiger partial charge in [0.05, 0.1) is 17.1 Å². The molecular formula is C23H24N6O. The number of hydrogen-bond acceptors (Lipinski definition) is 5. The molecule has 0 unspecified atom stereocenters. The molecule has 4 aromatic rings. The molecule has 2 heterocycles. The summed E-state index contributed by atoms with van der Waals surface area (Å²) in [5, 5.41) is 6.25. The predicted octanol–water partition coefficient (Wildman–Crippen LogP) is 4.73. The maximum Gasteiger partial charge on any atom is 0.225 e. The van der Waals surface area contributed by atoms with Crippen LogP contribution in [0, 0.1) is 0 Å². The molecule has 0 aliphatic rings. The highest BCUT2D eigenvalue weighted by Crippen LogP contribution is 2.22. The molecule has 0 bridgehead atoms. The van der Waals surface area contributed by atoms with Crippen LogP contribution in [0.3, 0.4) is 0 Å². The number of imidazole rings is 1. The van der Waals surface area contributed by atoms with E-state index >= 15 is 0 Å². The van der Waals surface area contributed by atoms with Crippen LogP contribution in [0.15, 0.2) is 67.1 Å². The Morgan fingerprint density at radius 3 is 2.73 bits per heavy atom. The first kappa shape index (κ1) is 19.6. The molecule has 0 aliphatic heterocycles. The molecule has 7 nitrogen and oxygen atoms in total. The number of nitrogens with one attached hydrogen (secondary N) is 2. The fourth-order valence-electron chi connectivity index (χ4n) is 3.30. The molecule has 1 atom stereocenters. The number of benzene rings is 2. The smallest absolute Gasteiger partial charge is 0.225 e. The van der Waals surface area contributed by atoms with Gasteiger partial charge in [0.25, 0.3) is 0 Å². The van der Waals surface area contributed by atoms with Gasteiger partial charge in [0.1, 0.15) is 12.1 Å². The Labute approximate surface area is 175 Å². The van der Waals surface area contributed by atoms with Crippen LogP contribution < -0.4 is 10.6 Å². The molecule has 1 amide bonds. The summed E-state index contributed by atoms with van der Waals surface area (Å²) in [5.41, 5.74) is 3.60. The van der Waals surface area contributed by atoms with E-state index < -0.39 is 0 Å². The largest absolute Gasteiger partial charge is 0.348 e. The SMILES string of the molecule is CCCC(=O)Nc1ccc2c(c1)ncn2-c1ccnc(N[C@@H](C)c2ccccc2)n1. The summed E-state index contributed by atoms with van der Waals surface area (Å²) in [6, 6.07) is 17.8. The molecule has 152 valence electrons. The molecule has 0 aliphatic carbocycles. The molecule has 0 saturated carbocycles. The lowest BCUT2D eigenvalue weighted by atomic mass is 10.1. The van der Waals surface area contributed by atoms with Crippen molar-refractivity contribution < 1.29 is 4.79 Å². The van der Waals surface area contributed by atoms with Gasteiger partial charge >= 0.3 is 0 Å². The summed E-state index contributed by atoms with van der Waals surface area (Å²) in [7, 11) is 0. The van der Waals surface area contributed by atoms with Gasteiger partial charge in [-0.25, -0.2) is 9.97 Å².